The van der Waals surface area contributed by atoms with Crippen LogP contribution in [0.1, 0.15) is 385 Å². The van der Waals surface area contributed by atoms with Crippen molar-refractivity contribution in [3.8, 4) is 0 Å². The van der Waals surface area contributed by atoms with Crippen molar-refractivity contribution in [2.75, 3.05) is 26.2 Å². The lowest BCUT2D eigenvalue weighted by atomic mass is 9.97. The molecule has 48 nitrogen and oxygen atoms in total. The summed E-state index contributed by atoms with van der Waals surface area (Å²) in [7, 11) is -19.3. The number of rotatable bonds is 88. The third-order valence-electron chi connectivity index (χ3n) is 22.3. The molecule has 0 aliphatic heterocycles. The summed E-state index contributed by atoms with van der Waals surface area (Å²) in [5, 5.41) is 107. The number of carboxylic acids is 12. The molecule has 8 atom stereocenters. The van der Waals surface area contributed by atoms with E-state index in [9.17, 15) is 110 Å². The Morgan fingerprint density at radius 3 is 0.364 bits per heavy atom. The molecule has 8 unspecified atom stereocenters. The van der Waals surface area contributed by atoms with E-state index in [1.54, 1.807) is 0 Å². The maximum absolute atomic E-state index is 11.6. The molecule has 32 N–H and O–H groups in total. The third-order valence-corrected chi connectivity index (χ3v) is 26.7. The van der Waals surface area contributed by atoms with Crippen LogP contribution in [-0.4, -0.2) is 256 Å². The van der Waals surface area contributed by atoms with Crippen LogP contribution < -0.4 is 45.9 Å². The van der Waals surface area contributed by atoms with E-state index >= 15 is 0 Å². The van der Waals surface area contributed by atoms with Crippen molar-refractivity contribution in [1.29, 1.82) is 0 Å². The van der Waals surface area contributed by atoms with Crippen molar-refractivity contribution in [2.45, 2.75) is 406 Å². The largest absolute Gasteiger partial charge is 0.481 e. The third kappa shape index (κ3) is 92.7. The van der Waals surface area contributed by atoms with Gasteiger partial charge in [0.1, 0.15) is 0 Å². The van der Waals surface area contributed by atoms with Crippen molar-refractivity contribution in [1.82, 2.24) is 45.9 Å². The Kier molecular flexibility index (Phi) is 94.1. The van der Waals surface area contributed by atoms with Crippen molar-refractivity contribution in [3.63, 3.8) is 0 Å². The van der Waals surface area contributed by atoms with Gasteiger partial charge in [-0.15, -0.1) is 0 Å². The van der Waals surface area contributed by atoms with Gasteiger partial charge in [0, 0.05) is 26.2 Å². The van der Waals surface area contributed by atoms with E-state index < -0.39 is 206 Å². The van der Waals surface area contributed by atoms with Gasteiger partial charge >= 0.3 is 71.6 Å². The minimum atomic E-state index is -4.83. The SMILES string of the molecule is N.N.N.N.O=C(O)CC(CCCCCCCCCCCCCCNC(=O)CC(C(=O)O)S(=O)(=O)O)C(=O)O.O=C(O)CC(CCCCCCCCCCCCCCNC(=O)CC(C(=O)O)S(=O)(=O)O)C(=O)O.O=C(O)CC(CCCCCCCCCCCCCCNC(=O)CC(C(=O)O)S(=O)(=O)O)C(=O)O.O=C(O)CC(CCCCCCCCCCCCCCNC(=O)CC(C(=O)O)S(=O)(=O)O)C(=O)O. The number of unbranched alkanes of at least 4 members (excludes halogenated alkanes) is 44. The lowest BCUT2D eigenvalue weighted by Crippen LogP contribution is -2.36. The van der Waals surface area contributed by atoms with Gasteiger partial charge < -0.3 is 107 Å². The van der Waals surface area contributed by atoms with Crippen LogP contribution in [0.4, 0.5) is 0 Å². The molecule has 0 bridgehead atoms. The summed E-state index contributed by atoms with van der Waals surface area (Å²) in [5.74, 6) is -21.7. The molecule has 52 heteroatoms. The molecule has 0 aliphatic rings. The van der Waals surface area contributed by atoms with Gasteiger partial charge in [0.15, 0.2) is 21.0 Å². The molecule has 824 valence electrons. The number of hydrogen-bond donors (Lipinski definition) is 24. The van der Waals surface area contributed by atoms with Crippen molar-refractivity contribution in [3.05, 3.63) is 0 Å². The zero-order valence-electron chi connectivity index (χ0n) is 81.3. The first kappa shape index (κ1) is 146. The van der Waals surface area contributed by atoms with E-state index in [4.69, 9.17) is 79.5 Å². The standard InChI is InChI=1S/4C22H39NO10S.4H3N/c4*24-19(16-18(22(29)30)34(31,32)33)23-14-12-10-8-6-4-2-1-3-5-7-9-11-13-17(21(27)28)15-20(25)26;;;;/h4*17-18H,1-16H2,(H,23,24)(H,25,26)(H,27,28)(H,29,30)(H,31,32,33);4*1H3. The molecule has 0 aliphatic carbocycles. The lowest BCUT2D eigenvalue weighted by molar-refractivity contribution is -0.148. The summed E-state index contributed by atoms with van der Waals surface area (Å²) >= 11 is 0. The van der Waals surface area contributed by atoms with Gasteiger partial charge in [-0.3, -0.25) is 94.9 Å². The molecule has 0 saturated carbocycles. The summed E-state index contributed by atoms with van der Waals surface area (Å²) in [4.78, 5) is 176. The highest BCUT2D eigenvalue weighted by atomic mass is 32.2. The van der Waals surface area contributed by atoms with Gasteiger partial charge in [0.2, 0.25) is 23.6 Å². The van der Waals surface area contributed by atoms with E-state index in [0.29, 0.717) is 77.5 Å². The Morgan fingerprint density at radius 1 is 0.164 bits per heavy atom. The average molecular weight is 2110 g/mol. The van der Waals surface area contributed by atoms with Crippen LogP contribution in [0.25, 0.3) is 0 Å². The highest BCUT2D eigenvalue weighted by molar-refractivity contribution is 7.88. The first-order valence-corrected chi connectivity index (χ1v) is 53.4. The second kappa shape index (κ2) is 90.0. The minimum absolute atomic E-state index is 0. The Labute approximate surface area is 823 Å². The number of carbonyl (C=O) groups excluding carboxylic acids is 4. The normalized spacial score (nSPS) is 12.8. The molecule has 0 rings (SSSR count). The summed E-state index contributed by atoms with van der Waals surface area (Å²) < 4.78 is 123. The number of carboxylic acid groups (broad SMARTS) is 12. The Hall–Kier alpha value is -9.00. The second-order valence-electron chi connectivity index (χ2n) is 34.2. The number of hydrogen-bond acceptors (Lipinski definition) is 28. The van der Waals surface area contributed by atoms with E-state index in [1.165, 1.54) is 0 Å². The topological polar surface area (TPSA) is 921 Å². The van der Waals surface area contributed by atoms with Crippen LogP contribution in [0, 0.1) is 23.7 Å². The molecular formula is C88H168N8O40S4. The van der Waals surface area contributed by atoms with Crippen molar-refractivity contribution >= 4 is 136 Å². The molecule has 4 amide bonds. The maximum atomic E-state index is 11.6. The highest BCUT2D eigenvalue weighted by Crippen LogP contribution is 2.24. The molecule has 0 saturated heterocycles. The molecule has 0 radical (unpaired) electrons. The summed E-state index contributed by atoms with van der Waals surface area (Å²) in [6, 6.07) is 0. The number of carbonyl (C=O) groups is 16. The molecule has 0 fully saturated rings. The van der Waals surface area contributed by atoms with Gasteiger partial charge in [0.05, 0.1) is 75.0 Å². The van der Waals surface area contributed by atoms with E-state index in [2.05, 4.69) is 21.3 Å². The smallest absolute Gasteiger partial charge is 0.324 e. The molecular weight excluding hydrogens is 1940 g/mol. The molecule has 0 spiro atoms. The first-order chi connectivity index (χ1) is 63.8. The first-order valence-electron chi connectivity index (χ1n) is 47.4. The second-order valence-corrected chi connectivity index (χ2v) is 40.6. The number of amides is 4. The van der Waals surface area contributed by atoms with Crippen LogP contribution in [0.5, 0.6) is 0 Å². The van der Waals surface area contributed by atoms with Crippen LogP contribution >= 0.6 is 0 Å². The maximum Gasteiger partial charge on any atom is 0.324 e. The van der Waals surface area contributed by atoms with Gasteiger partial charge in [-0.05, 0) is 51.4 Å². The van der Waals surface area contributed by atoms with Gasteiger partial charge in [-0.25, -0.2) is 0 Å². The van der Waals surface area contributed by atoms with Gasteiger partial charge in [0.25, 0.3) is 40.5 Å². The fourth-order valence-electron chi connectivity index (χ4n) is 14.4. The quantitative estimate of drug-likeness (QED) is 0.0199. The van der Waals surface area contributed by atoms with E-state index in [0.717, 1.165) is 283 Å². The fourth-order valence-corrected chi connectivity index (χ4v) is 16.8. The molecule has 0 aromatic carbocycles. The number of nitrogens with one attached hydrogen (secondary N) is 4. The molecule has 0 heterocycles. The lowest BCUT2D eigenvalue weighted by Gasteiger charge is -2.09. The summed E-state index contributed by atoms with van der Waals surface area (Å²) in [5.41, 5.74) is 0. The van der Waals surface area contributed by atoms with E-state index in [1.807, 2.05) is 0 Å². The fraction of sp³-hybridized carbons (Fsp3) is 0.818. The Balaban J connectivity index is -0.000000274. The van der Waals surface area contributed by atoms with Gasteiger partial charge in [-0.1, -0.05) is 283 Å². The highest BCUT2D eigenvalue weighted by Gasteiger charge is 2.37. The molecule has 0 aromatic rings. The van der Waals surface area contributed by atoms with Gasteiger partial charge in [-0.2, -0.15) is 33.7 Å². The predicted molar refractivity (Wildman–Crippen MR) is 516 cm³/mol. The Morgan fingerprint density at radius 2 is 0.271 bits per heavy atom. The zero-order valence-corrected chi connectivity index (χ0v) is 84.6. The number of aliphatic carboxylic acids is 12. The Bertz CT molecular complexity index is 3470. The van der Waals surface area contributed by atoms with Crippen LogP contribution in [0.15, 0.2) is 0 Å². The minimum Gasteiger partial charge on any atom is -0.481 e. The van der Waals surface area contributed by atoms with Crippen LogP contribution in [0.3, 0.4) is 0 Å². The predicted octanol–water partition coefficient (Wildman–Crippen LogP) is 13.0. The van der Waals surface area contributed by atoms with Crippen LogP contribution in [-0.2, 0) is 117 Å². The molecule has 0 aromatic heterocycles. The van der Waals surface area contributed by atoms with Crippen molar-refractivity contribution < 1.29 is 190 Å². The monoisotopic (exact) mass is 2110 g/mol. The molecule has 140 heavy (non-hydrogen) atoms. The zero-order chi connectivity index (χ0) is 104. The average Bonchev–Trinajstić information content (AvgIpc) is 0.876. The summed E-state index contributed by atoms with van der Waals surface area (Å²) in [6.07, 6.45) is 44.5. The van der Waals surface area contributed by atoms with E-state index in [-0.39, 0.29) is 50.3 Å². The van der Waals surface area contributed by atoms with Crippen LogP contribution in [0.2, 0.25) is 0 Å². The van der Waals surface area contributed by atoms with Crippen molar-refractivity contribution in [2.24, 2.45) is 23.7 Å². The summed E-state index contributed by atoms with van der Waals surface area (Å²) in [6.45, 7) is 1.28.